The molecule has 2 atom stereocenters. The summed E-state index contributed by atoms with van der Waals surface area (Å²) in [5.74, 6) is -1.44. The first-order valence-electron chi connectivity index (χ1n) is 7.95. The molecule has 0 aliphatic carbocycles. The van der Waals surface area contributed by atoms with Crippen LogP contribution in [0.5, 0.6) is 0 Å². The van der Waals surface area contributed by atoms with E-state index in [9.17, 15) is 9.67 Å². The van der Waals surface area contributed by atoms with Crippen molar-refractivity contribution in [3.8, 4) is 0 Å². The highest BCUT2D eigenvalue weighted by Crippen LogP contribution is 2.59. The monoisotopic (exact) mass is 401 g/mol. The van der Waals surface area contributed by atoms with Crippen LogP contribution in [0, 0.1) is 0 Å². The molecule has 136 valence electrons. The summed E-state index contributed by atoms with van der Waals surface area (Å²) >= 11 is 12.4. The summed E-state index contributed by atoms with van der Waals surface area (Å²) in [5.41, 5.74) is 1.18. The van der Waals surface area contributed by atoms with Crippen molar-refractivity contribution in [2.45, 2.75) is 19.2 Å². The largest absolute Gasteiger partial charge is 0.378 e. The first-order chi connectivity index (χ1) is 11.8. The number of halogens is 2. The maximum atomic E-state index is 13.7. The highest BCUT2D eigenvalue weighted by Gasteiger charge is 2.38. The van der Waals surface area contributed by atoms with Crippen LogP contribution < -0.4 is 10.2 Å². The van der Waals surface area contributed by atoms with E-state index in [4.69, 9.17) is 27.7 Å². The highest BCUT2D eigenvalue weighted by atomic mass is 35.5. The minimum Gasteiger partial charge on any atom is -0.378 e. The fourth-order valence-electron chi connectivity index (χ4n) is 2.40. The Labute approximate surface area is 158 Å². The molecule has 0 aliphatic heterocycles. The number of anilines is 1. The normalized spacial score (nSPS) is 14.8. The van der Waals surface area contributed by atoms with Crippen molar-refractivity contribution in [1.82, 2.24) is 0 Å². The number of hydrogen-bond donors (Lipinski definition) is 1. The summed E-state index contributed by atoms with van der Waals surface area (Å²) < 4.78 is 19.3. The molecule has 0 aliphatic rings. The summed E-state index contributed by atoms with van der Waals surface area (Å²) in [6.45, 7) is 2.17. The van der Waals surface area contributed by atoms with E-state index in [1.165, 1.54) is 0 Å². The van der Waals surface area contributed by atoms with Gasteiger partial charge >= 0.3 is 0 Å². The predicted octanol–water partition coefficient (Wildman–Crippen LogP) is 5.08. The number of nitrogens with zero attached hydrogens (tertiary/aromatic N) is 1. The zero-order valence-electron chi connectivity index (χ0n) is 14.4. The second kappa shape index (κ2) is 8.57. The Morgan fingerprint density at radius 1 is 1.12 bits per heavy atom. The van der Waals surface area contributed by atoms with Crippen molar-refractivity contribution in [2.75, 3.05) is 25.6 Å². The van der Waals surface area contributed by atoms with Gasteiger partial charge in [0.25, 0.3) is 7.37 Å². The van der Waals surface area contributed by atoms with E-state index in [1.54, 1.807) is 30.3 Å². The second-order valence-electron chi connectivity index (χ2n) is 5.85. The van der Waals surface area contributed by atoms with Gasteiger partial charge < -0.3 is 14.5 Å². The van der Waals surface area contributed by atoms with Crippen LogP contribution in [-0.4, -0.2) is 25.8 Å². The van der Waals surface area contributed by atoms with Gasteiger partial charge in [0.2, 0.25) is 0 Å². The molecule has 2 aromatic rings. The molecule has 7 heteroatoms. The first-order valence-corrected chi connectivity index (χ1v) is 10.4. The molecule has 4 nitrogen and oxygen atoms in total. The Bertz CT molecular complexity index is 745. The van der Waals surface area contributed by atoms with Crippen molar-refractivity contribution in [3.63, 3.8) is 0 Å². The van der Waals surface area contributed by atoms with E-state index in [0.717, 1.165) is 5.69 Å². The first kappa shape index (κ1) is 20.3. The van der Waals surface area contributed by atoms with Crippen molar-refractivity contribution < 1.29 is 14.2 Å². The van der Waals surface area contributed by atoms with Gasteiger partial charge in [0.05, 0.1) is 6.61 Å². The van der Waals surface area contributed by atoms with E-state index >= 15 is 0 Å². The van der Waals surface area contributed by atoms with Crippen molar-refractivity contribution in [1.29, 1.82) is 0 Å². The van der Waals surface area contributed by atoms with Crippen LogP contribution in [0.3, 0.4) is 0 Å². The fraction of sp³-hybridized carbons (Fsp3) is 0.333. The van der Waals surface area contributed by atoms with Gasteiger partial charge in [-0.1, -0.05) is 36.2 Å². The van der Waals surface area contributed by atoms with E-state index in [1.807, 2.05) is 38.1 Å². The smallest absolute Gasteiger partial charge is 0.264 e. The average molecular weight is 402 g/mol. The molecule has 0 saturated heterocycles. The molecule has 0 unspecified atom stereocenters. The van der Waals surface area contributed by atoms with Gasteiger partial charge in [-0.2, -0.15) is 0 Å². The molecule has 2 rings (SSSR count). The van der Waals surface area contributed by atoms with Gasteiger partial charge in [-0.15, -0.1) is 0 Å². The Morgan fingerprint density at radius 2 is 1.68 bits per heavy atom. The number of aliphatic hydroxyl groups is 1. The number of aliphatic hydroxyl groups excluding tert-OH is 1. The van der Waals surface area contributed by atoms with Gasteiger partial charge in [0.1, 0.15) is 0 Å². The fourth-order valence-corrected chi connectivity index (χ4v) is 5.36. The van der Waals surface area contributed by atoms with E-state index in [-0.39, 0.29) is 22.2 Å². The third kappa shape index (κ3) is 4.39. The number of hydrogen-bond acceptors (Lipinski definition) is 4. The van der Waals surface area contributed by atoms with E-state index in [2.05, 4.69) is 0 Å². The van der Waals surface area contributed by atoms with Crippen LogP contribution in [0.1, 0.15) is 24.8 Å². The molecule has 1 N–H and O–H groups in total. The summed E-state index contributed by atoms with van der Waals surface area (Å²) in [5, 5.41) is 11.8. The third-order valence-corrected chi connectivity index (χ3v) is 6.94. The zero-order chi connectivity index (χ0) is 18.6. The molecule has 0 spiro atoms. The van der Waals surface area contributed by atoms with Crippen LogP contribution >= 0.6 is 30.6 Å². The lowest BCUT2D eigenvalue weighted by Gasteiger charge is -2.26. The highest BCUT2D eigenvalue weighted by molar-refractivity contribution is 7.67. The Balaban J connectivity index is 2.51. The number of rotatable bonds is 7. The van der Waals surface area contributed by atoms with Crippen LogP contribution in [0.25, 0.3) is 0 Å². The predicted molar refractivity (Wildman–Crippen MR) is 106 cm³/mol. The molecule has 0 saturated carbocycles. The quantitative estimate of drug-likeness (QED) is 0.657. The maximum Gasteiger partial charge on any atom is 0.264 e. The van der Waals surface area contributed by atoms with Gasteiger partial charge in [0, 0.05) is 40.7 Å². The second-order valence-corrected chi connectivity index (χ2v) is 9.12. The van der Waals surface area contributed by atoms with E-state index in [0.29, 0.717) is 11.7 Å². The SMILES string of the molecule is CCCO[P@](=O)(c1ccc(N(C)C)cc1)[C@H](O)c1c(Cl)cccc1Cl. The lowest BCUT2D eigenvalue weighted by Crippen LogP contribution is -2.16. The molecule has 25 heavy (non-hydrogen) atoms. The summed E-state index contributed by atoms with van der Waals surface area (Å²) in [7, 11) is 0.197. The zero-order valence-corrected chi connectivity index (χ0v) is 16.9. The third-order valence-electron chi connectivity index (χ3n) is 3.79. The Hall–Kier alpha value is -1.03. The molecule has 0 radical (unpaired) electrons. The molecule has 0 heterocycles. The lowest BCUT2D eigenvalue weighted by atomic mass is 10.2. The number of benzene rings is 2. The van der Waals surface area contributed by atoms with Crippen molar-refractivity contribution in [2.24, 2.45) is 0 Å². The molecule has 0 bridgehead atoms. The molecule has 0 amide bonds. The molecule has 0 fully saturated rings. The topological polar surface area (TPSA) is 49.8 Å². The molecule has 0 aromatic heterocycles. The maximum absolute atomic E-state index is 13.7. The summed E-state index contributed by atoms with van der Waals surface area (Å²) in [6.07, 6.45) is 0.669. The van der Waals surface area contributed by atoms with Gasteiger partial charge in [-0.25, -0.2) is 0 Å². The van der Waals surface area contributed by atoms with Crippen LogP contribution in [0.15, 0.2) is 42.5 Å². The van der Waals surface area contributed by atoms with Crippen LogP contribution in [0.2, 0.25) is 10.0 Å². The lowest BCUT2D eigenvalue weighted by molar-refractivity contribution is 0.214. The van der Waals surface area contributed by atoms with Gasteiger partial charge in [0.15, 0.2) is 5.85 Å². The van der Waals surface area contributed by atoms with Crippen LogP contribution in [0.4, 0.5) is 5.69 Å². The minimum absolute atomic E-state index is 0.224. The molecular weight excluding hydrogens is 380 g/mol. The summed E-state index contributed by atoms with van der Waals surface area (Å²) in [4.78, 5) is 1.93. The average Bonchev–Trinajstić information content (AvgIpc) is 2.59. The van der Waals surface area contributed by atoms with Gasteiger partial charge in [-0.3, -0.25) is 4.57 Å². The van der Waals surface area contributed by atoms with Crippen molar-refractivity contribution >= 4 is 41.6 Å². The van der Waals surface area contributed by atoms with E-state index < -0.39 is 13.2 Å². The Kier molecular flexibility index (Phi) is 6.95. The standard InChI is InChI=1S/C18H22Cl2NO3P/c1-4-12-24-25(23,14-10-8-13(9-11-14)21(2)3)18(22)17-15(19)6-5-7-16(17)20/h5-11,18,22H,4,12H2,1-3H3/t18-,25+/m0/s1. The van der Waals surface area contributed by atoms with Gasteiger partial charge in [-0.05, 0) is 42.8 Å². The molecular formula is C18H22Cl2NO3P. The summed E-state index contributed by atoms with van der Waals surface area (Å²) in [6, 6.07) is 12.0. The van der Waals surface area contributed by atoms with Crippen LogP contribution in [-0.2, 0) is 9.09 Å². The molecule has 2 aromatic carbocycles. The Morgan fingerprint density at radius 3 is 2.16 bits per heavy atom. The minimum atomic E-state index is -3.64. The van der Waals surface area contributed by atoms with Crippen molar-refractivity contribution in [3.05, 3.63) is 58.1 Å².